The zero-order valence-electron chi connectivity index (χ0n) is 16.4. The van der Waals surface area contributed by atoms with Crippen molar-refractivity contribution in [1.82, 2.24) is 10.6 Å². The minimum absolute atomic E-state index is 0.0685. The van der Waals surface area contributed by atoms with Crippen LogP contribution in [0.15, 0.2) is 54.6 Å². The summed E-state index contributed by atoms with van der Waals surface area (Å²) >= 11 is 0. The molecule has 0 aliphatic carbocycles. The van der Waals surface area contributed by atoms with Gasteiger partial charge in [-0.15, -0.1) is 0 Å². The van der Waals surface area contributed by atoms with Crippen LogP contribution in [0.4, 0.5) is 4.79 Å². The van der Waals surface area contributed by atoms with Gasteiger partial charge in [0.05, 0.1) is 0 Å². The molecule has 2 atom stereocenters. The van der Waals surface area contributed by atoms with Crippen LogP contribution in [0.5, 0.6) is 5.75 Å². The third-order valence-electron chi connectivity index (χ3n) is 4.21. The third kappa shape index (κ3) is 7.69. The molecule has 0 aliphatic heterocycles. The van der Waals surface area contributed by atoms with Gasteiger partial charge in [0.2, 0.25) is 5.91 Å². The van der Waals surface area contributed by atoms with E-state index in [4.69, 9.17) is 9.84 Å². The fraction of sp³-hybridized carbons (Fsp3) is 0.238. The Bertz CT molecular complexity index is 932. The maximum atomic E-state index is 12.6. The van der Waals surface area contributed by atoms with Gasteiger partial charge in [-0.3, -0.25) is 9.59 Å². The number of phenolic OH excluding ortho intramolecular Hbond substituents is 1. The highest BCUT2D eigenvalue weighted by molar-refractivity contribution is 5.90. The lowest BCUT2D eigenvalue weighted by Crippen LogP contribution is -2.49. The number of rotatable bonds is 10. The molecule has 0 radical (unpaired) electrons. The normalized spacial score (nSPS) is 12.3. The zero-order valence-corrected chi connectivity index (χ0v) is 16.4. The molecule has 10 heteroatoms. The molecule has 2 aromatic rings. The first kappa shape index (κ1) is 23.2. The number of carboxylic acids is 2. The van der Waals surface area contributed by atoms with Crippen LogP contribution < -0.4 is 10.6 Å². The minimum Gasteiger partial charge on any atom is -0.508 e. The SMILES string of the molecule is O=C(O)CCC(NC(=O)OCc1ccccc1)C(=O)NC(C(=O)O)c1cccc(O)c1. The molecule has 2 aromatic carbocycles. The first-order valence-electron chi connectivity index (χ1n) is 9.27. The Labute approximate surface area is 177 Å². The summed E-state index contributed by atoms with van der Waals surface area (Å²) < 4.78 is 5.04. The lowest BCUT2D eigenvalue weighted by molar-refractivity contribution is -0.142. The van der Waals surface area contributed by atoms with Crippen LogP contribution in [-0.4, -0.2) is 45.3 Å². The van der Waals surface area contributed by atoms with Crippen LogP contribution in [0.1, 0.15) is 30.0 Å². The second-order valence-corrected chi connectivity index (χ2v) is 6.57. The monoisotopic (exact) mass is 430 g/mol. The maximum Gasteiger partial charge on any atom is 0.408 e. The van der Waals surface area contributed by atoms with E-state index in [1.165, 1.54) is 24.3 Å². The van der Waals surface area contributed by atoms with Gasteiger partial charge in [0.1, 0.15) is 18.4 Å². The molecule has 31 heavy (non-hydrogen) atoms. The Morgan fingerprint density at radius 2 is 1.65 bits per heavy atom. The van der Waals surface area contributed by atoms with Gasteiger partial charge in [-0.05, 0) is 29.7 Å². The van der Waals surface area contributed by atoms with Crippen LogP contribution in [0, 0.1) is 0 Å². The highest BCUT2D eigenvalue weighted by atomic mass is 16.5. The van der Waals surface area contributed by atoms with Crippen molar-refractivity contribution in [3.05, 3.63) is 65.7 Å². The molecule has 2 rings (SSSR count). The lowest BCUT2D eigenvalue weighted by Gasteiger charge is -2.21. The fourth-order valence-corrected chi connectivity index (χ4v) is 2.68. The summed E-state index contributed by atoms with van der Waals surface area (Å²) in [6.45, 7) is -0.0685. The highest BCUT2D eigenvalue weighted by Crippen LogP contribution is 2.19. The molecule has 0 fully saturated rings. The molecule has 0 saturated carbocycles. The van der Waals surface area contributed by atoms with Crippen LogP contribution >= 0.6 is 0 Å². The van der Waals surface area contributed by atoms with Gasteiger partial charge in [-0.25, -0.2) is 9.59 Å². The summed E-state index contributed by atoms with van der Waals surface area (Å²) in [5.41, 5.74) is 0.809. The Hall–Kier alpha value is -4.08. The van der Waals surface area contributed by atoms with E-state index in [1.54, 1.807) is 30.3 Å². The number of carbonyl (C=O) groups excluding carboxylic acids is 2. The number of hydrogen-bond donors (Lipinski definition) is 5. The molecule has 0 heterocycles. The topological polar surface area (TPSA) is 162 Å². The lowest BCUT2D eigenvalue weighted by atomic mass is 10.0. The standard InChI is InChI=1S/C21H22N2O8/c24-15-8-4-7-14(11-15)18(20(28)29)23-19(27)16(9-10-17(25)26)22-21(30)31-12-13-5-2-1-3-6-13/h1-8,11,16,18,24H,9-10,12H2,(H,22,30)(H,23,27)(H,25,26)(H,28,29). The number of carboxylic acid groups (broad SMARTS) is 2. The maximum absolute atomic E-state index is 12.6. The number of ether oxygens (including phenoxy) is 1. The molecule has 0 saturated heterocycles. The number of nitrogens with one attached hydrogen (secondary N) is 2. The second kappa shape index (κ2) is 11.2. The number of amides is 2. The van der Waals surface area contributed by atoms with E-state index >= 15 is 0 Å². The van der Waals surface area contributed by atoms with Crippen molar-refractivity contribution in [2.24, 2.45) is 0 Å². The van der Waals surface area contributed by atoms with Crippen molar-refractivity contribution >= 4 is 23.9 Å². The number of alkyl carbamates (subject to hydrolysis) is 1. The molecule has 0 aliphatic rings. The molecule has 5 N–H and O–H groups in total. The number of aliphatic carboxylic acids is 2. The molecule has 2 amide bonds. The summed E-state index contributed by atoms with van der Waals surface area (Å²) in [6, 6.07) is 11.2. The Morgan fingerprint density at radius 1 is 0.935 bits per heavy atom. The van der Waals surface area contributed by atoms with Gasteiger partial charge in [0, 0.05) is 6.42 Å². The van der Waals surface area contributed by atoms with Crippen molar-refractivity contribution in [3.63, 3.8) is 0 Å². The van der Waals surface area contributed by atoms with Gasteiger partial charge < -0.3 is 30.7 Å². The van der Waals surface area contributed by atoms with Crippen LogP contribution in [0.3, 0.4) is 0 Å². The smallest absolute Gasteiger partial charge is 0.408 e. The van der Waals surface area contributed by atoms with Crippen LogP contribution in [-0.2, 0) is 25.7 Å². The molecule has 10 nitrogen and oxygen atoms in total. The van der Waals surface area contributed by atoms with Crippen molar-refractivity contribution < 1.29 is 39.2 Å². The first-order valence-corrected chi connectivity index (χ1v) is 9.27. The van der Waals surface area contributed by atoms with Crippen molar-refractivity contribution in [1.29, 1.82) is 0 Å². The Kier molecular flexibility index (Phi) is 8.38. The van der Waals surface area contributed by atoms with Gasteiger partial charge in [0.15, 0.2) is 6.04 Å². The minimum atomic E-state index is -1.52. The molecule has 164 valence electrons. The number of hydrogen-bond acceptors (Lipinski definition) is 6. The predicted octanol–water partition coefficient (Wildman–Crippen LogP) is 1.79. The van der Waals surface area contributed by atoms with Crippen LogP contribution in [0.2, 0.25) is 0 Å². The van der Waals surface area contributed by atoms with Gasteiger partial charge in [-0.1, -0.05) is 42.5 Å². The van der Waals surface area contributed by atoms with Crippen molar-refractivity contribution in [3.8, 4) is 5.75 Å². The van der Waals surface area contributed by atoms with Crippen LogP contribution in [0.25, 0.3) is 0 Å². The molecule has 2 unspecified atom stereocenters. The molecule has 0 bridgehead atoms. The van der Waals surface area contributed by atoms with Gasteiger partial charge >= 0.3 is 18.0 Å². The van der Waals surface area contributed by atoms with E-state index in [9.17, 15) is 29.4 Å². The highest BCUT2D eigenvalue weighted by Gasteiger charge is 2.28. The average molecular weight is 430 g/mol. The quantitative estimate of drug-likeness (QED) is 0.381. The number of phenols is 1. The van der Waals surface area contributed by atoms with Crippen molar-refractivity contribution in [2.75, 3.05) is 0 Å². The fourth-order valence-electron chi connectivity index (χ4n) is 2.68. The second-order valence-electron chi connectivity index (χ2n) is 6.57. The number of carbonyl (C=O) groups is 4. The molecule has 0 aromatic heterocycles. The van der Waals surface area contributed by atoms with E-state index in [0.717, 1.165) is 0 Å². The largest absolute Gasteiger partial charge is 0.508 e. The molecular weight excluding hydrogens is 408 g/mol. The number of aromatic hydroxyl groups is 1. The molecule has 0 spiro atoms. The summed E-state index contributed by atoms with van der Waals surface area (Å²) in [5.74, 6) is -3.70. The average Bonchev–Trinajstić information content (AvgIpc) is 2.73. The van der Waals surface area contributed by atoms with E-state index < -0.39 is 42.4 Å². The Morgan fingerprint density at radius 3 is 2.26 bits per heavy atom. The third-order valence-corrected chi connectivity index (χ3v) is 4.21. The van der Waals surface area contributed by atoms with Crippen molar-refractivity contribution in [2.45, 2.75) is 31.5 Å². The van der Waals surface area contributed by atoms with E-state index in [2.05, 4.69) is 10.6 Å². The van der Waals surface area contributed by atoms with Gasteiger partial charge in [-0.2, -0.15) is 0 Å². The zero-order chi connectivity index (χ0) is 22.8. The van der Waals surface area contributed by atoms with E-state index in [-0.39, 0.29) is 24.3 Å². The first-order chi connectivity index (χ1) is 14.8. The van der Waals surface area contributed by atoms with E-state index in [1.807, 2.05) is 0 Å². The summed E-state index contributed by atoms with van der Waals surface area (Å²) in [7, 11) is 0. The van der Waals surface area contributed by atoms with Gasteiger partial charge in [0.25, 0.3) is 0 Å². The summed E-state index contributed by atoms with van der Waals surface area (Å²) in [6.07, 6.45) is -1.69. The summed E-state index contributed by atoms with van der Waals surface area (Å²) in [4.78, 5) is 47.3. The molecular formula is C21H22N2O8. The predicted molar refractivity (Wildman–Crippen MR) is 107 cm³/mol. The Balaban J connectivity index is 2.07. The number of benzene rings is 2. The van der Waals surface area contributed by atoms with E-state index in [0.29, 0.717) is 5.56 Å². The summed E-state index contributed by atoms with van der Waals surface area (Å²) in [5, 5.41) is 32.4.